The minimum atomic E-state index is -0.122. The van der Waals surface area contributed by atoms with Gasteiger partial charge in [0.05, 0.1) is 10.7 Å². The molecule has 7 heteroatoms. The first kappa shape index (κ1) is 15.2. The van der Waals surface area contributed by atoms with Crippen LogP contribution >= 0.6 is 22.9 Å². The first-order chi connectivity index (χ1) is 10.6. The van der Waals surface area contributed by atoms with Gasteiger partial charge in [-0.05, 0) is 31.9 Å². The lowest BCUT2D eigenvalue weighted by atomic mass is 9.98. The summed E-state index contributed by atoms with van der Waals surface area (Å²) in [4.78, 5) is 22.6. The van der Waals surface area contributed by atoms with Crippen LogP contribution in [0.4, 0.5) is 10.5 Å². The second-order valence-corrected chi connectivity index (χ2v) is 6.61. The summed E-state index contributed by atoms with van der Waals surface area (Å²) >= 11 is 7.68. The van der Waals surface area contributed by atoms with Gasteiger partial charge in [-0.1, -0.05) is 11.6 Å². The van der Waals surface area contributed by atoms with Gasteiger partial charge in [-0.25, -0.2) is 14.8 Å². The molecule has 0 spiro atoms. The summed E-state index contributed by atoms with van der Waals surface area (Å²) in [7, 11) is 0. The lowest BCUT2D eigenvalue weighted by Crippen LogP contribution is -2.40. The van der Waals surface area contributed by atoms with Crippen LogP contribution in [0.25, 0.3) is 0 Å². The fraction of sp³-hybridized carbons (Fsp3) is 0.400. The molecular weight excluding hydrogens is 320 g/mol. The number of halogens is 1. The van der Waals surface area contributed by atoms with Crippen molar-refractivity contribution in [1.82, 2.24) is 14.9 Å². The second kappa shape index (κ2) is 6.62. The van der Waals surface area contributed by atoms with Crippen molar-refractivity contribution in [3.05, 3.63) is 39.6 Å². The molecule has 3 rings (SSSR count). The van der Waals surface area contributed by atoms with Crippen LogP contribution in [0.2, 0.25) is 5.15 Å². The number of nitrogens with one attached hydrogen (secondary N) is 1. The fourth-order valence-electron chi connectivity index (χ4n) is 2.56. The summed E-state index contributed by atoms with van der Waals surface area (Å²) in [5, 5.41) is 6.40. The first-order valence-electron chi connectivity index (χ1n) is 7.22. The van der Waals surface area contributed by atoms with Gasteiger partial charge < -0.3 is 10.2 Å². The summed E-state index contributed by atoms with van der Waals surface area (Å²) in [6.07, 6.45) is 3.49. The van der Waals surface area contributed by atoms with Crippen LogP contribution in [0.1, 0.15) is 29.5 Å². The minimum absolute atomic E-state index is 0.122. The number of hydrogen-bond donors (Lipinski definition) is 1. The van der Waals surface area contributed by atoms with E-state index in [1.165, 1.54) is 5.01 Å². The van der Waals surface area contributed by atoms with Crippen LogP contribution in [0.3, 0.4) is 0 Å². The predicted molar refractivity (Wildman–Crippen MR) is 88.7 cm³/mol. The number of carbonyl (C=O) groups is 1. The summed E-state index contributed by atoms with van der Waals surface area (Å²) in [6, 6.07) is 3.38. The van der Waals surface area contributed by atoms with Gasteiger partial charge in [0.25, 0.3) is 0 Å². The molecule has 22 heavy (non-hydrogen) atoms. The normalized spacial score (nSPS) is 15.8. The number of pyridine rings is 1. The summed E-state index contributed by atoms with van der Waals surface area (Å²) < 4.78 is 0. The van der Waals surface area contributed by atoms with E-state index < -0.39 is 0 Å². The Hall–Kier alpha value is -1.66. The third-order valence-corrected chi connectivity index (χ3v) is 5.20. The van der Waals surface area contributed by atoms with Gasteiger partial charge in [-0.2, -0.15) is 0 Å². The number of anilines is 1. The molecule has 2 aromatic heterocycles. The van der Waals surface area contributed by atoms with Crippen molar-refractivity contribution in [1.29, 1.82) is 0 Å². The number of likely N-dealkylation sites (tertiary alicyclic amines) is 1. The number of rotatable bonds is 2. The Morgan fingerprint density at radius 3 is 2.86 bits per heavy atom. The highest BCUT2D eigenvalue weighted by Gasteiger charge is 2.25. The molecule has 0 aromatic carbocycles. The van der Waals surface area contributed by atoms with Crippen molar-refractivity contribution in [3.63, 3.8) is 0 Å². The third-order valence-electron chi connectivity index (χ3n) is 3.77. The van der Waals surface area contributed by atoms with Gasteiger partial charge in [0, 0.05) is 36.3 Å². The van der Waals surface area contributed by atoms with Crippen LogP contribution < -0.4 is 5.32 Å². The molecule has 1 saturated heterocycles. The molecule has 1 fully saturated rings. The zero-order valence-corrected chi connectivity index (χ0v) is 13.8. The van der Waals surface area contributed by atoms with Crippen molar-refractivity contribution in [2.24, 2.45) is 0 Å². The number of aromatic nitrogens is 2. The Kier molecular flexibility index (Phi) is 4.59. The monoisotopic (exact) mass is 336 g/mol. The average Bonchev–Trinajstić information content (AvgIpc) is 2.96. The average molecular weight is 337 g/mol. The molecule has 0 saturated carbocycles. The molecule has 1 aliphatic rings. The van der Waals surface area contributed by atoms with E-state index in [4.69, 9.17) is 11.6 Å². The SMILES string of the molecule is Cc1csc(C2CCN(C(=O)Nc3cccnc3Cl)CC2)n1. The van der Waals surface area contributed by atoms with Crippen molar-refractivity contribution in [2.45, 2.75) is 25.7 Å². The molecule has 0 aliphatic carbocycles. The molecule has 116 valence electrons. The van der Waals surface area contributed by atoms with E-state index in [0.29, 0.717) is 16.8 Å². The molecule has 3 heterocycles. The van der Waals surface area contributed by atoms with E-state index >= 15 is 0 Å². The maximum absolute atomic E-state index is 12.3. The van der Waals surface area contributed by atoms with Crippen molar-refractivity contribution < 1.29 is 4.79 Å². The molecule has 1 N–H and O–H groups in total. The number of piperidine rings is 1. The Labute approximate surface area is 138 Å². The molecular formula is C15H17ClN4OS. The smallest absolute Gasteiger partial charge is 0.321 e. The topological polar surface area (TPSA) is 58.1 Å². The van der Waals surface area contributed by atoms with Crippen LogP contribution in [0, 0.1) is 6.92 Å². The number of carbonyl (C=O) groups excluding carboxylic acids is 1. The Bertz CT molecular complexity index is 667. The van der Waals surface area contributed by atoms with Gasteiger partial charge in [0.1, 0.15) is 0 Å². The van der Waals surface area contributed by atoms with Crippen molar-refractivity contribution in [3.8, 4) is 0 Å². The number of nitrogens with zero attached hydrogens (tertiary/aromatic N) is 3. The molecule has 1 aliphatic heterocycles. The first-order valence-corrected chi connectivity index (χ1v) is 8.47. The highest BCUT2D eigenvalue weighted by Crippen LogP contribution is 2.30. The van der Waals surface area contributed by atoms with Crippen molar-refractivity contribution >= 4 is 34.7 Å². The fourth-order valence-corrected chi connectivity index (χ4v) is 3.70. The number of urea groups is 1. The maximum atomic E-state index is 12.3. The largest absolute Gasteiger partial charge is 0.324 e. The van der Waals surface area contributed by atoms with E-state index in [2.05, 4.69) is 20.7 Å². The van der Waals surface area contributed by atoms with Crippen LogP contribution in [-0.2, 0) is 0 Å². The summed E-state index contributed by atoms with van der Waals surface area (Å²) in [6.45, 7) is 3.47. The highest BCUT2D eigenvalue weighted by atomic mass is 35.5. The summed E-state index contributed by atoms with van der Waals surface area (Å²) in [5.74, 6) is 0.463. The summed E-state index contributed by atoms with van der Waals surface area (Å²) in [5.41, 5.74) is 1.62. The van der Waals surface area contributed by atoms with Gasteiger partial charge in [-0.3, -0.25) is 0 Å². The maximum Gasteiger partial charge on any atom is 0.321 e. The Morgan fingerprint density at radius 1 is 1.45 bits per heavy atom. The van der Waals surface area contributed by atoms with E-state index in [1.54, 1.807) is 29.7 Å². The molecule has 2 aromatic rings. The Morgan fingerprint density at radius 2 is 2.23 bits per heavy atom. The van der Waals surface area contributed by atoms with Crippen LogP contribution in [0.5, 0.6) is 0 Å². The van der Waals surface area contributed by atoms with E-state index in [-0.39, 0.29) is 6.03 Å². The molecule has 5 nitrogen and oxygen atoms in total. The molecule has 0 radical (unpaired) electrons. The number of amides is 2. The molecule has 0 unspecified atom stereocenters. The van der Waals surface area contributed by atoms with Crippen molar-refractivity contribution in [2.75, 3.05) is 18.4 Å². The standard InChI is InChI=1S/C15H17ClN4OS/c1-10-9-22-14(18-10)11-4-7-20(8-5-11)15(21)19-12-3-2-6-17-13(12)16/h2-3,6,9,11H,4-5,7-8H2,1H3,(H,19,21). The Balaban J connectivity index is 1.57. The highest BCUT2D eigenvalue weighted by molar-refractivity contribution is 7.09. The number of thiazole rings is 1. The molecule has 0 atom stereocenters. The predicted octanol–water partition coefficient (Wildman–Crippen LogP) is 3.91. The van der Waals surface area contributed by atoms with Gasteiger partial charge in [-0.15, -0.1) is 11.3 Å². The minimum Gasteiger partial charge on any atom is -0.324 e. The van der Waals surface area contributed by atoms with Gasteiger partial charge in [0.2, 0.25) is 0 Å². The zero-order chi connectivity index (χ0) is 15.5. The van der Waals surface area contributed by atoms with E-state index in [0.717, 1.165) is 31.6 Å². The number of hydrogen-bond acceptors (Lipinski definition) is 4. The van der Waals surface area contributed by atoms with Gasteiger partial charge >= 0.3 is 6.03 Å². The van der Waals surface area contributed by atoms with Crippen LogP contribution in [-0.4, -0.2) is 34.0 Å². The number of aryl methyl sites for hydroxylation is 1. The second-order valence-electron chi connectivity index (χ2n) is 5.36. The molecule has 0 bridgehead atoms. The van der Waals surface area contributed by atoms with Crippen LogP contribution in [0.15, 0.2) is 23.7 Å². The lowest BCUT2D eigenvalue weighted by molar-refractivity contribution is 0.194. The van der Waals surface area contributed by atoms with Gasteiger partial charge in [0.15, 0.2) is 5.15 Å². The lowest BCUT2D eigenvalue weighted by Gasteiger charge is -2.31. The zero-order valence-electron chi connectivity index (χ0n) is 12.3. The quantitative estimate of drug-likeness (QED) is 0.846. The molecule has 2 amide bonds. The van der Waals surface area contributed by atoms with E-state index in [1.807, 2.05) is 11.8 Å². The van der Waals surface area contributed by atoms with E-state index in [9.17, 15) is 4.79 Å². The third kappa shape index (κ3) is 3.39.